The van der Waals surface area contributed by atoms with Crippen molar-refractivity contribution in [1.29, 1.82) is 0 Å². The number of aryl methyl sites for hydroxylation is 1. The standard InChI is InChI=1S/C22H21N5O4S/c1-12-13(2)23-22(25-20(12)28)27-19(11-15(26-27)18-6-5-9-32-18)24-21(29)14-7-8-16(30-3)17(10-14)31-4/h5-11H,1-4H3,(H,24,29)(H,23,25,28). The second-order valence-corrected chi connectivity index (χ2v) is 7.88. The quantitative estimate of drug-likeness (QED) is 0.464. The Morgan fingerprint density at radius 2 is 1.91 bits per heavy atom. The Hall–Kier alpha value is -3.92. The Morgan fingerprint density at radius 1 is 1.12 bits per heavy atom. The molecular weight excluding hydrogens is 430 g/mol. The molecule has 0 radical (unpaired) electrons. The summed E-state index contributed by atoms with van der Waals surface area (Å²) in [4.78, 5) is 33.4. The van der Waals surface area contributed by atoms with Gasteiger partial charge in [-0.2, -0.15) is 9.78 Å². The first-order valence-electron chi connectivity index (χ1n) is 9.66. The summed E-state index contributed by atoms with van der Waals surface area (Å²) in [5.41, 5.74) is 1.85. The van der Waals surface area contributed by atoms with E-state index < -0.39 is 0 Å². The number of amides is 1. The van der Waals surface area contributed by atoms with Crippen LogP contribution in [-0.2, 0) is 0 Å². The number of aromatic nitrogens is 4. The van der Waals surface area contributed by atoms with E-state index in [9.17, 15) is 9.59 Å². The third kappa shape index (κ3) is 4.00. The van der Waals surface area contributed by atoms with Gasteiger partial charge in [0.15, 0.2) is 11.5 Å². The molecule has 164 valence electrons. The summed E-state index contributed by atoms with van der Waals surface area (Å²) >= 11 is 1.51. The van der Waals surface area contributed by atoms with Crippen LogP contribution in [0.4, 0.5) is 5.82 Å². The van der Waals surface area contributed by atoms with E-state index in [0.717, 1.165) is 4.88 Å². The van der Waals surface area contributed by atoms with Crippen molar-refractivity contribution in [3.63, 3.8) is 0 Å². The molecule has 2 N–H and O–H groups in total. The fourth-order valence-corrected chi connectivity index (χ4v) is 3.75. The predicted molar refractivity (Wildman–Crippen MR) is 122 cm³/mol. The molecule has 0 bridgehead atoms. The highest BCUT2D eigenvalue weighted by molar-refractivity contribution is 7.13. The zero-order valence-electron chi connectivity index (χ0n) is 17.9. The summed E-state index contributed by atoms with van der Waals surface area (Å²) in [6, 6.07) is 10.5. The van der Waals surface area contributed by atoms with E-state index in [0.29, 0.717) is 39.8 Å². The molecule has 0 aliphatic heterocycles. The Labute approximate surface area is 187 Å². The lowest BCUT2D eigenvalue weighted by molar-refractivity contribution is 0.102. The first kappa shape index (κ1) is 21.3. The van der Waals surface area contributed by atoms with Gasteiger partial charge in [0.2, 0.25) is 5.95 Å². The second-order valence-electron chi connectivity index (χ2n) is 6.93. The molecule has 0 spiro atoms. The number of rotatable bonds is 6. The van der Waals surface area contributed by atoms with Gasteiger partial charge in [-0.3, -0.25) is 14.6 Å². The molecule has 0 saturated heterocycles. The number of hydrogen-bond donors (Lipinski definition) is 2. The minimum Gasteiger partial charge on any atom is -0.493 e. The van der Waals surface area contributed by atoms with Crippen molar-refractivity contribution in [2.75, 3.05) is 19.5 Å². The molecule has 10 heteroatoms. The molecule has 0 aliphatic carbocycles. The van der Waals surface area contributed by atoms with Crippen LogP contribution in [0.5, 0.6) is 11.5 Å². The zero-order chi connectivity index (χ0) is 22.8. The molecule has 32 heavy (non-hydrogen) atoms. The zero-order valence-corrected chi connectivity index (χ0v) is 18.7. The van der Waals surface area contributed by atoms with Gasteiger partial charge in [0.25, 0.3) is 11.5 Å². The maximum absolute atomic E-state index is 13.0. The maximum Gasteiger partial charge on any atom is 0.256 e. The lowest BCUT2D eigenvalue weighted by Gasteiger charge is -2.11. The van der Waals surface area contributed by atoms with Crippen LogP contribution in [0.1, 0.15) is 21.6 Å². The summed E-state index contributed by atoms with van der Waals surface area (Å²) in [5.74, 6) is 1.15. The van der Waals surface area contributed by atoms with Crippen molar-refractivity contribution in [3.8, 4) is 28.0 Å². The third-order valence-corrected chi connectivity index (χ3v) is 5.85. The molecule has 3 aromatic heterocycles. The van der Waals surface area contributed by atoms with Crippen molar-refractivity contribution in [3.05, 3.63) is 69.0 Å². The fourth-order valence-electron chi connectivity index (χ4n) is 3.07. The van der Waals surface area contributed by atoms with Crippen molar-refractivity contribution in [2.24, 2.45) is 0 Å². The van der Waals surface area contributed by atoms with Gasteiger partial charge >= 0.3 is 0 Å². The molecule has 0 aliphatic rings. The number of methoxy groups -OCH3 is 2. The number of aromatic amines is 1. The van der Waals surface area contributed by atoms with Crippen LogP contribution in [0.15, 0.2) is 46.6 Å². The monoisotopic (exact) mass is 451 g/mol. The largest absolute Gasteiger partial charge is 0.493 e. The minimum absolute atomic E-state index is 0.212. The number of ether oxygens (including phenoxy) is 2. The Kier molecular flexibility index (Phi) is 5.78. The summed E-state index contributed by atoms with van der Waals surface area (Å²) in [6.07, 6.45) is 0. The Morgan fingerprint density at radius 3 is 2.56 bits per heavy atom. The average Bonchev–Trinajstić information content (AvgIpc) is 3.46. The van der Waals surface area contributed by atoms with Crippen molar-refractivity contribution < 1.29 is 14.3 Å². The molecule has 4 rings (SSSR count). The first-order chi connectivity index (χ1) is 15.4. The summed E-state index contributed by atoms with van der Waals surface area (Å²) < 4.78 is 11.9. The van der Waals surface area contributed by atoms with Crippen LogP contribution in [-0.4, -0.2) is 39.9 Å². The molecule has 0 fully saturated rings. The van der Waals surface area contributed by atoms with Crippen molar-refractivity contribution in [1.82, 2.24) is 19.7 Å². The number of carbonyl (C=O) groups is 1. The van der Waals surface area contributed by atoms with Gasteiger partial charge in [0, 0.05) is 22.9 Å². The van der Waals surface area contributed by atoms with Gasteiger partial charge in [-0.25, -0.2) is 4.98 Å². The van der Waals surface area contributed by atoms with Crippen molar-refractivity contribution >= 4 is 23.1 Å². The molecule has 1 amide bonds. The van der Waals surface area contributed by atoms with Gasteiger partial charge in [-0.15, -0.1) is 11.3 Å². The van der Waals surface area contributed by atoms with E-state index in [-0.39, 0.29) is 17.4 Å². The summed E-state index contributed by atoms with van der Waals surface area (Å²) in [7, 11) is 3.03. The van der Waals surface area contributed by atoms with Crippen LogP contribution in [0, 0.1) is 13.8 Å². The molecule has 0 saturated carbocycles. The van der Waals surface area contributed by atoms with Crippen molar-refractivity contribution in [2.45, 2.75) is 13.8 Å². The maximum atomic E-state index is 13.0. The summed E-state index contributed by atoms with van der Waals surface area (Å²) in [5, 5.41) is 9.37. The minimum atomic E-state index is -0.379. The molecule has 0 atom stereocenters. The number of anilines is 1. The highest BCUT2D eigenvalue weighted by Gasteiger charge is 2.18. The molecule has 4 aromatic rings. The van der Waals surface area contributed by atoms with Crippen LogP contribution in [0.2, 0.25) is 0 Å². The van der Waals surface area contributed by atoms with Crippen LogP contribution < -0.4 is 20.3 Å². The normalized spacial score (nSPS) is 10.8. The van der Waals surface area contributed by atoms with Gasteiger partial charge < -0.3 is 14.8 Å². The van der Waals surface area contributed by atoms with Crippen LogP contribution in [0.3, 0.4) is 0 Å². The van der Waals surface area contributed by atoms with Crippen LogP contribution >= 0.6 is 11.3 Å². The summed E-state index contributed by atoms with van der Waals surface area (Å²) in [6.45, 7) is 3.45. The third-order valence-electron chi connectivity index (χ3n) is 4.95. The van der Waals surface area contributed by atoms with Gasteiger partial charge in [-0.05, 0) is 43.5 Å². The smallest absolute Gasteiger partial charge is 0.256 e. The second kappa shape index (κ2) is 8.67. The predicted octanol–water partition coefficient (Wildman–Crippen LogP) is 3.57. The molecule has 9 nitrogen and oxygen atoms in total. The van der Waals surface area contributed by atoms with Gasteiger partial charge in [-0.1, -0.05) is 6.07 Å². The number of nitrogens with zero attached hydrogens (tertiary/aromatic N) is 3. The SMILES string of the molecule is COc1ccc(C(=O)Nc2cc(-c3cccs3)nn2-c2nc(C)c(C)c(=O)[nH]2)cc1OC. The number of thiophene rings is 1. The molecule has 3 heterocycles. The Bertz CT molecular complexity index is 1340. The number of benzene rings is 1. The first-order valence-corrected chi connectivity index (χ1v) is 10.5. The van der Waals surface area contributed by atoms with Crippen LogP contribution in [0.25, 0.3) is 16.5 Å². The molecule has 1 aromatic carbocycles. The highest BCUT2D eigenvalue weighted by Crippen LogP contribution is 2.30. The number of nitrogens with one attached hydrogen (secondary N) is 2. The van der Waals surface area contributed by atoms with Gasteiger partial charge in [0.1, 0.15) is 11.5 Å². The van der Waals surface area contributed by atoms with E-state index >= 15 is 0 Å². The number of H-pyrrole nitrogens is 1. The van der Waals surface area contributed by atoms with Gasteiger partial charge in [0.05, 0.1) is 19.1 Å². The Balaban J connectivity index is 1.76. The molecular formula is C22H21N5O4S. The fraction of sp³-hybridized carbons (Fsp3) is 0.182. The average molecular weight is 452 g/mol. The topological polar surface area (TPSA) is 111 Å². The number of hydrogen-bond acceptors (Lipinski definition) is 7. The van der Waals surface area contributed by atoms with E-state index in [4.69, 9.17) is 9.47 Å². The lowest BCUT2D eigenvalue weighted by Crippen LogP contribution is -2.20. The lowest BCUT2D eigenvalue weighted by atomic mass is 10.2. The van der Waals surface area contributed by atoms with E-state index in [1.54, 1.807) is 38.1 Å². The van der Waals surface area contributed by atoms with E-state index in [2.05, 4.69) is 20.4 Å². The number of carbonyl (C=O) groups excluding carboxylic acids is 1. The van der Waals surface area contributed by atoms with E-state index in [1.807, 2.05) is 17.5 Å². The molecule has 0 unspecified atom stereocenters. The highest BCUT2D eigenvalue weighted by atomic mass is 32.1. The van der Waals surface area contributed by atoms with E-state index in [1.165, 1.54) is 30.2 Å².